The third kappa shape index (κ3) is 2.32. The third-order valence-corrected chi connectivity index (χ3v) is 3.67. The van der Waals surface area contributed by atoms with Crippen LogP contribution in [-0.2, 0) is 0 Å². The molecule has 4 nitrogen and oxygen atoms in total. The van der Waals surface area contributed by atoms with Gasteiger partial charge < -0.3 is 10.6 Å². The standard InChI is InChI=1S/C12H17ClN4/c1-7-10(14)11(16-12(13)15-7)17(9-4-5-9)6-8-2-3-8/h8-9H,2-6,14H2,1H3. The fourth-order valence-corrected chi connectivity index (χ4v) is 2.33. The summed E-state index contributed by atoms with van der Waals surface area (Å²) in [6, 6.07) is 0.614. The van der Waals surface area contributed by atoms with E-state index < -0.39 is 0 Å². The number of nitrogen functional groups attached to an aromatic ring is 1. The van der Waals surface area contributed by atoms with Crippen molar-refractivity contribution < 1.29 is 0 Å². The van der Waals surface area contributed by atoms with Gasteiger partial charge in [0.15, 0.2) is 5.82 Å². The van der Waals surface area contributed by atoms with Crippen LogP contribution in [0.3, 0.4) is 0 Å². The van der Waals surface area contributed by atoms with E-state index >= 15 is 0 Å². The van der Waals surface area contributed by atoms with Gasteiger partial charge in [-0.1, -0.05) is 0 Å². The quantitative estimate of drug-likeness (QED) is 0.836. The highest BCUT2D eigenvalue weighted by Gasteiger charge is 2.35. The van der Waals surface area contributed by atoms with Gasteiger partial charge in [0.05, 0.1) is 11.4 Å². The molecule has 0 bridgehead atoms. The van der Waals surface area contributed by atoms with Crippen LogP contribution in [0.4, 0.5) is 11.5 Å². The lowest BCUT2D eigenvalue weighted by molar-refractivity contribution is 0.708. The number of aryl methyl sites for hydroxylation is 1. The predicted molar refractivity (Wildman–Crippen MR) is 69.3 cm³/mol. The number of rotatable bonds is 4. The summed E-state index contributed by atoms with van der Waals surface area (Å²) in [4.78, 5) is 10.8. The smallest absolute Gasteiger partial charge is 0.224 e. The minimum atomic E-state index is 0.299. The molecule has 1 aromatic heterocycles. The molecule has 2 saturated carbocycles. The number of hydrogen-bond acceptors (Lipinski definition) is 4. The molecule has 17 heavy (non-hydrogen) atoms. The first-order chi connectivity index (χ1) is 8.15. The molecular formula is C12H17ClN4. The summed E-state index contributed by atoms with van der Waals surface area (Å²) in [6.07, 6.45) is 5.15. The van der Waals surface area contributed by atoms with Crippen molar-refractivity contribution in [3.05, 3.63) is 11.0 Å². The fourth-order valence-electron chi connectivity index (χ4n) is 2.13. The van der Waals surface area contributed by atoms with E-state index in [9.17, 15) is 0 Å². The lowest BCUT2D eigenvalue weighted by atomic mass is 10.3. The van der Waals surface area contributed by atoms with E-state index in [0.29, 0.717) is 17.0 Å². The topological polar surface area (TPSA) is 55.0 Å². The van der Waals surface area contributed by atoms with Crippen LogP contribution in [0.1, 0.15) is 31.4 Å². The Balaban J connectivity index is 1.93. The van der Waals surface area contributed by atoms with Gasteiger partial charge in [-0.2, -0.15) is 4.98 Å². The summed E-state index contributed by atoms with van der Waals surface area (Å²) in [5.74, 6) is 1.67. The Morgan fingerprint density at radius 3 is 2.59 bits per heavy atom. The average molecular weight is 253 g/mol. The lowest BCUT2D eigenvalue weighted by Crippen LogP contribution is -2.30. The Kier molecular flexibility index (Phi) is 2.62. The Hall–Kier alpha value is -1.03. The van der Waals surface area contributed by atoms with Crippen LogP contribution < -0.4 is 10.6 Å². The molecule has 0 spiro atoms. The summed E-state index contributed by atoms with van der Waals surface area (Å²) in [7, 11) is 0. The second kappa shape index (κ2) is 4.02. The molecule has 0 aromatic carbocycles. The number of anilines is 2. The normalized spacial score (nSPS) is 19.4. The van der Waals surface area contributed by atoms with Gasteiger partial charge in [0.1, 0.15) is 0 Å². The summed E-state index contributed by atoms with van der Waals surface area (Å²) < 4.78 is 0. The van der Waals surface area contributed by atoms with Crippen molar-refractivity contribution in [2.24, 2.45) is 5.92 Å². The second-order valence-electron chi connectivity index (χ2n) is 5.14. The Morgan fingerprint density at radius 1 is 1.29 bits per heavy atom. The number of halogens is 1. The van der Waals surface area contributed by atoms with Crippen LogP contribution in [0.25, 0.3) is 0 Å². The van der Waals surface area contributed by atoms with Gasteiger partial charge in [0, 0.05) is 12.6 Å². The van der Waals surface area contributed by atoms with E-state index in [2.05, 4.69) is 14.9 Å². The number of aromatic nitrogens is 2. The van der Waals surface area contributed by atoms with Crippen LogP contribution in [0.2, 0.25) is 5.28 Å². The Labute approximate surface area is 106 Å². The van der Waals surface area contributed by atoms with Gasteiger partial charge in [0.25, 0.3) is 0 Å². The van der Waals surface area contributed by atoms with Crippen LogP contribution in [-0.4, -0.2) is 22.6 Å². The van der Waals surface area contributed by atoms with E-state index in [1.807, 2.05) is 6.92 Å². The van der Waals surface area contributed by atoms with Crippen molar-refractivity contribution in [1.82, 2.24) is 9.97 Å². The summed E-state index contributed by atoms with van der Waals surface area (Å²) >= 11 is 5.94. The molecule has 0 atom stereocenters. The third-order valence-electron chi connectivity index (χ3n) is 3.50. The van der Waals surface area contributed by atoms with Gasteiger partial charge in [-0.3, -0.25) is 0 Å². The lowest BCUT2D eigenvalue weighted by Gasteiger charge is -2.25. The molecule has 0 saturated heterocycles. The Morgan fingerprint density at radius 2 is 2.00 bits per heavy atom. The SMILES string of the molecule is Cc1nc(Cl)nc(N(CC2CC2)C2CC2)c1N. The van der Waals surface area contributed by atoms with E-state index in [1.54, 1.807) is 0 Å². The molecule has 3 rings (SSSR count). The van der Waals surface area contributed by atoms with Gasteiger partial charge in [0.2, 0.25) is 5.28 Å². The maximum absolute atomic E-state index is 6.09. The van der Waals surface area contributed by atoms with Crippen molar-refractivity contribution in [2.75, 3.05) is 17.2 Å². The van der Waals surface area contributed by atoms with Crippen LogP contribution >= 0.6 is 11.6 Å². The molecule has 1 aromatic rings. The van der Waals surface area contributed by atoms with Gasteiger partial charge in [-0.05, 0) is 50.1 Å². The highest BCUT2D eigenvalue weighted by atomic mass is 35.5. The molecule has 2 aliphatic carbocycles. The highest BCUT2D eigenvalue weighted by molar-refractivity contribution is 6.28. The zero-order chi connectivity index (χ0) is 12.0. The van der Waals surface area contributed by atoms with Crippen molar-refractivity contribution in [3.63, 3.8) is 0 Å². The molecule has 5 heteroatoms. The van der Waals surface area contributed by atoms with Gasteiger partial charge in [-0.15, -0.1) is 0 Å². The molecular weight excluding hydrogens is 236 g/mol. The molecule has 0 aliphatic heterocycles. The van der Waals surface area contributed by atoms with Crippen molar-refractivity contribution in [2.45, 2.75) is 38.6 Å². The molecule has 2 fully saturated rings. The molecule has 92 valence electrons. The highest BCUT2D eigenvalue weighted by Crippen LogP contribution is 2.39. The van der Waals surface area contributed by atoms with Crippen LogP contribution in [0.5, 0.6) is 0 Å². The first-order valence-electron chi connectivity index (χ1n) is 6.21. The number of nitrogens with zero attached hydrogens (tertiary/aromatic N) is 3. The zero-order valence-corrected chi connectivity index (χ0v) is 10.7. The molecule has 0 amide bonds. The van der Waals surface area contributed by atoms with E-state index in [0.717, 1.165) is 24.0 Å². The number of hydrogen-bond donors (Lipinski definition) is 1. The van der Waals surface area contributed by atoms with Gasteiger partial charge in [-0.25, -0.2) is 4.98 Å². The average Bonchev–Trinajstić information content (AvgIpc) is 3.13. The summed E-state index contributed by atoms with van der Waals surface area (Å²) in [5.41, 5.74) is 7.55. The van der Waals surface area contributed by atoms with Crippen LogP contribution in [0, 0.1) is 12.8 Å². The van der Waals surface area contributed by atoms with E-state index in [4.69, 9.17) is 17.3 Å². The minimum Gasteiger partial charge on any atom is -0.394 e. The van der Waals surface area contributed by atoms with Crippen molar-refractivity contribution in [1.29, 1.82) is 0 Å². The van der Waals surface area contributed by atoms with Crippen molar-refractivity contribution in [3.8, 4) is 0 Å². The molecule has 0 unspecified atom stereocenters. The zero-order valence-electron chi connectivity index (χ0n) is 9.99. The molecule has 0 radical (unpaired) electrons. The van der Waals surface area contributed by atoms with E-state index in [1.165, 1.54) is 25.7 Å². The Bertz CT molecular complexity index is 440. The largest absolute Gasteiger partial charge is 0.394 e. The molecule has 2 aliphatic rings. The molecule has 1 heterocycles. The minimum absolute atomic E-state index is 0.299. The summed E-state index contributed by atoms with van der Waals surface area (Å²) in [5, 5.41) is 0.299. The monoisotopic (exact) mass is 252 g/mol. The van der Waals surface area contributed by atoms with Crippen molar-refractivity contribution >= 4 is 23.1 Å². The van der Waals surface area contributed by atoms with Gasteiger partial charge >= 0.3 is 0 Å². The first-order valence-corrected chi connectivity index (χ1v) is 6.59. The van der Waals surface area contributed by atoms with Crippen LogP contribution in [0.15, 0.2) is 0 Å². The summed E-state index contributed by atoms with van der Waals surface area (Å²) in [6.45, 7) is 2.95. The number of nitrogens with two attached hydrogens (primary N) is 1. The predicted octanol–water partition coefficient (Wildman–Crippen LogP) is 2.40. The van der Waals surface area contributed by atoms with E-state index in [-0.39, 0.29) is 0 Å². The second-order valence-corrected chi connectivity index (χ2v) is 5.48. The first kappa shape index (κ1) is 11.1. The molecule has 2 N–H and O–H groups in total. The fraction of sp³-hybridized carbons (Fsp3) is 0.667. The maximum atomic E-state index is 6.09. The maximum Gasteiger partial charge on any atom is 0.224 e.